The van der Waals surface area contributed by atoms with Gasteiger partial charge in [0.1, 0.15) is 0 Å². The maximum Gasteiger partial charge on any atom is 0.231 e. The number of carbonyl (C=O) groups is 1. The number of carbonyl (C=O) groups excluding carboxylic acids is 1. The van der Waals surface area contributed by atoms with Crippen molar-refractivity contribution < 1.29 is 4.79 Å². The fourth-order valence-electron chi connectivity index (χ4n) is 1.73. The first-order chi connectivity index (χ1) is 7.97. The minimum atomic E-state index is -0.324. The predicted molar refractivity (Wildman–Crippen MR) is 68.0 cm³/mol. The number of rotatable bonds is 6. The van der Waals surface area contributed by atoms with Gasteiger partial charge in [-0.25, -0.2) is 0 Å². The maximum absolute atomic E-state index is 11.0. The van der Waals surface area contributed by atoms with Crippen LogP contribution in [-0.2, 0) is 11.3 Å². The number of primary amides is 1. The third kappa shape index (κ3) is 5.31. The molecule has 5 heteroatoms. The summed E-state index contributed by atoms with van der Waals surface area (Å²) in [6, 6.07) is 3.55. The van der Waals surface area contributed by atoms with Crippen molar-refractivity contribution in [2.75, 3.05) is 18.8 Å². The summed E-state index contributed by atoms with van der Waals surface area (Å²) in [5, 5.41) is 0. The van der Waals surface area contributed by atoms with Crippen LogP contribution < -0.4 is 11.5 Å². The Kier molecular flexibility index (Phi) is 4.90. The first-order valence-corrected chi connectivity index (χ1v) is 5.68. The molecule has 0 aliphatic rings. The lowest BCUT2D eigenvalue weighted by Gasteiger charge is -2.22. The molecule has 0 radical (unpaired) electrons. The van der Waals surface area contributed by atoms with Gasteiger partial charge in [0.2, 0.25) is 5.91 Å². The molecule has 1 amide bonds. The molecule has 1 rings (SSSR count). The average Bonchev–Trinajstić information content (AvgIpc) is 2.14. The van der Waals surface area contributed by atoms with Gasteiger partial charge in [-0.1, -0.05) is 13.8 Å². The van der Waals surface area contributed by atoms with E-state index in [2.05, 4.69) is 18.8 Å². The Morgan fingerprint density at radius 3 is 2.76 bits per heavy atom. The Bertz CT molecular complexity index is 379. The summed E-state index contributed by atoms with van der Waals surface area (Å²) in [5.74, 6) is 0.143. The summed E-state index contributed by atoms with van der Waals surface area (Å²) >= 11 is 0. The van der Waals surface area contributed by atoms with Crippen LogP contribution in [0.2, 0.25) is 0 Å². The molecule has 0 aromatic carbocycles. The summed E-state index contributed by atoms with van der Waals surface area (Å²) in [4.78, 5) is 17.2. The quantitative estimate of drug-likeness (QED) is 0.757. The van der Waals surface area contributed by atoms with Gasteiger partial charge in [-0.15, -0.1) is 0 Å². The fourth-order valence-corrected chi connectivity index (χ4v) is 1.73. The van der Waals surface area contributed by atoms with E-state index in [9.17, 15) is 4.79 Å². The summed E-state index contributed by atoms with van der Waals surface area (Å²) in [5.41, 5.74) is 12.4. The molecule has 1 aromatic rings. The largest absolute Gasteiger partial charge is 0.399 e. The third-order valence-electron chi connectivity index (χ3n) is 2.23. The number of hydrogen-bond acceptors (Lipinski definition) is 4. The minimum Gasteiger partial charge on any atom is -0.399 e. The lowest BCUT2D eigenvalue weighted by atomic mass is 10.2. The molecule has 0 spiro atoms. The molecule has 0 saturated heterocycles. The van der Waals surface area contributed by atoms with Crippen molar-refractivity contribution in [2.45, 2.75) is 20.4 Å². The predicted octanol–water partition coefficient (Wildman–Crippen LogP) is 0.607. The van der Waals surface area contributed by atoms with E-state index in [0.29, 0.717) is 18.2 Å². The van der Waals surface area contributed by atoms with Gasteiger partial charge in [0, 0.05) is 25.0 Å². The molecule has 17 heavy (non-hydrogen) atoms. The highest BCUT2D eigenvalue weighted by atomic mass is 16.1. The number of anilines is 1. The Hall–Kier alpha value is -1.62. The number of nitrogens with zero attached hydrogens (tertiary/aromatic N) is 2. The van der Waals surface area contributed by atoms with Crippen LogP contribution in [0.15, 0.2) is 18.3 Å². The molecule has 1 aromatic heterocycles. The van der Waals surface area contributed by atoms with E-state index in [4.69, 9.17) is 11.5 Å². The smallest absolute Gasteiger partial charge is 0.231 e. The molecule has 1 heterocycles. The van der Waals surface area contributed by atoms with Gasteiger partial charge in [0.15, 0.2) is 0 Å². The zero-order chi connectivity index (χ0) is 12.8. The van der Waals surface area contributed by atoms with Crippen LogP contribution in [0, 0.1) is 5.92 Å². The molecule has 0 atom stereocenters. The van der Waals surface area contributed by atoms with Gasteiger partial charge in [0.05, 0.1) is 12.2 Å². The van der Waals surface area contributed by atoms with E-state index in [1.807, 2.05) is 11.0 Å². The van der Waals surface area contributed by atoms with Crippen LogP contribution in [0.3, 0.4) is 0 Å². The van der Waals surface area contributed by atoms with Crippen LogP contribution in [0.25, 0.3) is 0 Å². The first kappa shape index (κ1) is 13.4. The van der Waals surface area contributed by atoms with E-state index in [-0.39, 0.29) is 12.5 Å². The number of pyridine rings is 1. The number of aromatic nitrogens is 1. The van der Waals surface area contributed by atoms with E-state index < -0.39 is 0 Å². The highest BCUT2D eigenvalue weighted by molar-refractivity contribution is 5.75. The molecule has 4 N–H and O–H groups in total. The highest BCUT2D eigenvalue weighted by Crippen LogP contribution is 2.08. The standard InChI is InChI=1S/C12H20N4O/c1-9(2)6-16(8-12(14)17)7-11-5-10(13)3-4-15-11/h3-5,9H,6-8H2,1-2H3,(H2,13,15)(H2,14,17). The number of hydrogen-bond donors (Lipinski definition) is 2. The van der Waals surface area contributed by atoms with Crippen LogP contribution in [0.4, 0.5) is 5.69 Å². The SMILES string of the molecule is CC(C)CN(CC(N)=O)Cc1cc(N)ccn1. The van der Waals surface area contributed by atoms with Gasteiger partial charge in [-0.3, -0.25) is 14.7 Å². The molecule has 5 nitrogen and oxygen atoms in total. The topological polar surface area (TPSA) is 85.2 Å². The summed E-state index contributed by atoms with van der Waals surface area (Å²) in [6.45, 7) is 5.84. The maximum atomic E-state index is 11.0. The Morgan fingerprint density at radius 2 is 2.24 bits per heavy atom. The highest BCUT2D eigenvalue weighted by Gasteiger charge is 2.11. The monoisotopic (exact) mass is 236 g/mol. The van der Waals surface area contributed by atoms with Crippen molar-refractivity contribution in [3.63, 3.8) is 0 Å². The zero-order valence-electron chi connectivity index (χ0n) is 10.4. The van der Waals surface area contributed by atoms with Gasteiger partial charge in [-0.05, 0) is 18.1 Å². The molecule has 0 saturated carbocycles. The molecule has 0 fully saturated rings. The molecular weight excluding hydrogens is 216 g/mol. The second-order valence-electron chi connectivity index (χ2n) is 4.61. The lowest BCUT2D eigenvalue weighted by Crippen LogP contribution is -2.36. The van der Waals surface area contributed by atoms with Crippen LogP contribution >= 0.6 is 0 Å². The van der Waals surface area contributed by atoms with Gasteiger partial charge in [-0.2, -0.15) is 0 Å². The minimum absolute atomic E-state index is 0.245. The molecular formula is C12H20N4O. The van der Waals surface area contributed by atoms with E-state index in [1.54, 1.807) is 12.3 Å². The molecule has 94 valence electrons. The molecule has 0 aliphatic carbocycles. The van der Waals surface area contributed by atoms with E-state index in [1.165, 1.54) is 0 Å². The van der Waals surface area contributed by atoms with Crippen LogP contribution in [-0.4, -0.2) is 28.9 Å². The van der Waals surface area contributed by atoms with Crippen LogP contribution in [0.5, 0.6) is 0 Å². The van der Waals surface area contributed by atoms with Gasteiger partial charge < -0.3 is 11.5 Å². The fraction of sp³-hybridized carbons (Fsp3) is 0.500. The van der Waals surface area contributed by atoms with Crippen molar-refractivity contribution in [3.8, 4) is 0 Å². The molecule has 0 aliphatic heterocycles. The summed E-state index contributed by atoms with van der Waals surface area (Å²) < 4.78 is 0. The normalized spacial score (nSPS) is 11.1. The number of amides is 1. The second kappa shape index (κ2) is 6.20. The van der Waals surface area contributed by atoms with Crippen molar-refractivity contribution in [1.82, 2.24) is 9.88 Å². The van der Waals surface area contributed by atoms with E-state index in [0.717, 1.165) is 12.2 Å². The second-order valence-corrected chi connectivity index (χ2v) is 4.61. The molecule has 0 unspecified atom stereocenters. The Morgan fingerprint density at radius 1 is 1.53 bits per heavy atom. The summed E-state index contributed by atoms with van der Waals surface area (Å²) in [6.07, 6.45) is 1.67. The Labute approximate surface area is 102 Å². The third-order valence-corrected chi connectivity index (χ3v) is 2.23. The van der Waals surface area contributed by atoms with E-state index >= 15 is 0 Å². The number of nitrogen functional groups attached to an aromatic ring is 1. The van der Waals surface area contributed by atoms with Crippen molar-refractivity contribution in [3.05, 3.63) is 24.0 Å². The number of nitrogens with two attached hydrogens (primary N) is 2. The Balaban J connectivity index is 2.67. The lowest BCUT2D eigenvalue weighted by molar-refractivity contribution is -0.119. The van der Waals surface area contributed by atoms with Gasteiger partial charge >= 0.3 is 0 Å². The zero-order valence-corrected chi connectivity index (χ0v) is 10.4. The molecule has 0 bridgehead atoms. The van der Waals surface area contributed by atoms with Crippen molar-refractivity contribution in [2.24, 2.45) is 11.7 Å². The van der Waals surface area contributed by atoms with Gasteiger partial charge in [0.25, 0.3) is 0 Å². The average molecular weight is 236 g/mol. The summed E-state index contributed by atoms with van der Waals surface area (Å²) in [7, 11) is 0. The van der Waals surface area contributed by atoms with Crippen molar-refractivity contribution in [1.29, 1.82) is 0 Å². The van der Waals surface area contributed by atoms with Crippen molar-refractivity contribution >= 4 is 11.6 Å². The first-order valence-electron chi connectivity index (χ1n) is 5.68. The van der Waals surface area contributed by atoms with Crippen LogP contribution in [0.1, 0.15) is 19.5 Å².